The zero-order valence-corrected chi connectivity index (χ0v) is 13.1. The molecule has 0 spiro atoms. The Balaban J connectivity index is 2.19. The highest BCUT2D eigenvalue weighted by atomic mass is 19.4. The van der Waals surface area contributed by atoms with Crippen LogP contribution in [0.2, 0.25) is 0 Å². The lowest BCUT2D eigenvalue weighted by molar-refractivity contribution is -0.137. The average Bonchev–Trinajstić information content (AvgIpc) is 2.56. The summed E-state index contributed by atoms with van der Waals surface area (Å²) in [6, 6.07) is 2.48. The van der Waals surface area contributed by atoms with Crippen molar-refractivity contribution < 1.29 is 18.0 Å². The van der Waals surface area contributed by atoms with Gasteiger partial charge in [0.15, 0.2) is 0 Å². The fourth-order valence-electron chi connectivity index (χ4n) is 2.74. The first-order valence-electron chi connectivity index (χ1n) is 7.16. The molecule has 25 heavy (non-hydrogen) atoms. The number of hydrogen-bond acceptors (Lipinski definition) is 3. The molecule has 0 radical (unpaired) electrons. The minimum Gasteiger partial charge on any atom is -0.327 e. The Morgan fingerprint density at radius 1 is 1.00 bits per heavy atom. The van der Waals surface area contributed by atoms with Gasteiger partial charge in [-0.25, -0.2) is 9.59 Å². The van der Waals surface area contributed by atoms with Crippen LogP contribution < -0.4 is 21.9 Å². The van der Waals surface area contributed by atoms with Crippen molar-refractivity contribution in [3.63, 3.8) is 0 Å². The topological polar surface area (TPSA) is 85.1 Å². The number of fused-ring (bicyclic) bond motifs is 1. The number of nitrogens with one attached hydrogen (secondary N) is 2. The predicted octanol–water partition coefficient (Wildman–Crippen LogP) is 1.33. The van der Waals surface area contributed by atoms with Crippen LogP contribution in [0.5, 0.6) is 0 Å². The highest BCUT2D eigenvalue weighted by Gasteiger charge is 2.33. The van der Waals surface area contributed by atoms with Gasteiger partial charge in [-0.05, 0) is 17.7 Å². The van der Waals surface area contributed by atoms with Crippen molar-refractivity contribution >= 4 is 11.8 Å². The largest absolute Gasteiger partial charge is 0.416 e. The monoisotopic (exact) mass is 354 g/mol. The van der Waals surface area contributed by atoms with E-state index >= 15 is 0 Å². The Labute approximate surface area is 138 Å². The minimum absolute atomic E-state index is 0.0155. The molecule has 2 amide bonds. The molecule has 1 aliphatic rings. The van der Waals surface area contributed by atoms with Crippen LogP contribution in [0.25, 0.3) is 0 Å². The second-order valence-electron chi connectivity index (χ2n) is 5.62. The van der Waals surface area contributed by atoms with Gasteiger partial charge >= 0.3 is 17.9 Å². The second kappa shape index (κ2) is 5.50. The van der Waals surface area contributed by atoms with Crippen LogP contribution in [0.4, 0.5) is 23.8 Å². The molecule has 0 saturated carbocycles. The zero-order valence-electron chi connectivity index (χ0n) is 13.1. The number of benzene rings is 1. The normalized spacial score (nSPS) is 16.8. The van der Waals surface area contributed by atoms with Crippen LogP contribution in [0.15, 0.2) is 33.9 Å². The summed E-state index contributed by atoms with van der Waals surface area (Å²) in [5.74, 6) is 0.0155. The SMILES string of the molecule is Cn1c2c(c(=O)n(C)c1=O)C(c1ccc(C(F)(F)F)cc1)NC(=O)N2. The summed E-state index contributed by atoms with van der Waals surface area (Å²) in [5, 5.41) is 4.89. The standard InChI is InChI=1S/C15H13F3N4O3/c1-21-11-9(12(23)22(2)14(21)25)10(19-13(24)20-11)7-3-5-8(6-4-7)15(16,17)18/h3-6,10H,1-2H3,(H2,19,20,24). The fourth-order valence-corrected chi connectivity index (χ4v) is 2.74. The molecule has 0 bridgehead atoms. The van der Waals surface area contributed by atoms with E-state index in [1.807, 2.05) is 0 Å². The van der Waals surface area contributed by atoms with Crippen LogP contribution in [0.1, 0.15) is 22.7 Å². The van der Waals surface area contributed by atoms with E-state index in [4.69, 9.17) is 0 Å². The predicted molar refractivity (Wildman–Crippen MR) is 82.4 cm³/mol. The molecule has 1 atom stereocenters. The van der Waals surface area contributed by atoms with Crippen molar-refractivity contribution in [1.82, 2.24) is 14.5 Å². The smallest absolute Gasteiger partial charge is 0.327 e. The Bertz CT molecular complexity index is 974. The number of halogens is 3. The summed E-state index contributed by atoms with van der Waals surface area (Å²) in [4.78, 5) is 36.3. The molecule has 1 unspecified atom stereocenters. The number of nitrogens with zero attached hydrogens (tertiary/aromatic N) is 2. The summed E-state index contributed by atoms with van der Waals surface area (Å²) in [6.45, 7) is 0. The maximum Gasteiger partial charge on any atom is 0.416 e. The lowest BCUT2D eigenvalue weighted by atomic mass is 9.97. The van der Waals surface area contributed by atoms with Crippen LogP contribution in [-0.2, 0) is 20.3 Å². The van der Waals surface area contributed by atoms with Crippen molar-refractivity contribution in [1.29, 1.82) is 0 Å². The second-order valence-corrected chi connectivity index (χ2v) is 5.62. The van der Waals surface area contributed by atoms with E-state index in [-0.39, 0.29) is 11.4 Å². The van der Waals surface area contributed by atoms with Crippen LogP contribution in [0.3, 0.4) is 0 Å². The lowest BCUT2D eigenvalue weighted by Crippen LogP contribution is -2.49. The van der Waals surface area contributed by atoms with Gasteiger partial charge in [0, 0.05) is 14.1 Å². The van der Waals surface area contributed by atoms with Gasteiger partial charge in [0.05, 0.1) is 17.2 Å². The third kappa shape index (κ3) is 2.69. The van der Waals surface area contributed by atoms with Gasteiger partial charge in [-0.1, -0.05) is 12.1 Å². The van der Waals surface area contributed by atoms with Gasteiger partial charge in [-0.2, -0.15) is 13.2 Å². The number of rotatable bonds is 1. The fraction of sp³-hybridized carbons (Fsp3) is 0.267. The number of urea groups is 1. The maximum atomic E-state index is 12.7. The molecule has 10 heteroatoms. The molecule has 2 N–H and O–H groups in total. The van der Waals surface area contributed by atoms with Gasteiger partial charge in [0.1, 0.15) is 5.82 Å². The Hall–Kier alpha value is -3.04. The van der Waals surface area contributed by atoms with Gasteiger partial charge in [-0.3, -0.25) is 19.2 Å². The van der Waals surface area contributed by atoms with Crippen LogP contribution >= 0.6 is 0 Å². The highest BCUT2D eigenvalue weighted by molar-refractivity contribution is 5.92. The molecule has 1 aromatic heterocycles. The van der Waals surface area contributed by atoms with E-state index in [2.05, 4.69) is 10.6 Å². The van der Waals surface area contributed by atoms with Crippen molar-refractivity contribution in [2.45, 2.75) is 12.2 Å². The number of carbonyl (C=O) groups is 1. The van der Waals surface area contributed by atoms with Crippen molar-refractivity contribution in [3.05, 3.63) is 61.8 Å². The molecule has 0 fully saturated rings. The number of amides is 2. The Morgan fingerprint density at radius 3 is 2.16 bits per heavy atom. The van der Waals surface area contributed by atoms with Gasteiger partial charge in [0.2, 0.25) is 0 Å². The highest BCUT2D eigenvalue weighted by Crippen LogP contribution is 2.32. The van der Waals surface area contributed by atoms with E-state index in [9.17, 15) is 27.6 Å². The summed E-state index contributed by atoms with van der Waals surface area (Å²) < 4.78 is 40.1. The quantitative estimate of drug-likeness (QED) is 0.810. The number of aromatic nitrogens is 2. The summed E-state index contributed by atoms with van der Waals surface area (Å²) in [7, 11) is 2.67. The van der Waals surface area contributed by atoms with E-state index < -0.39 is 35.1 Å². The minimum atomic E-state index is -4.49. The lowest BCUT2D eigenvalue weighted by Gasteiger charge is -2.28. The summed E-state index contributed by atoms with van der Waals surface area (Å²) >= 11 is 0. The molecular formula is C15H13F3N4O3. The molecule has 1 aliphatic heterocycles. The Morgan fingerprint density at radius 2 is 1.60 bits per heavy atom. The van der Waals surface area contributed by atoms with Crippen molar-refractivity contribution in [2.24, 2.45) is 14.1 Å². The zero-order chi connectivity index (χ0) is 18.5. The van der Waals surface area contributed by atoms with Crippen molar-refractivity contribution in [2.75, 3.05) is 5.32 Å². The average molecular weight is 354 g/mol. The number of anilines is 1. The number of alkyl halides is 3. The molecule has 2 heterocycles. The van der Waals surface area contributed by atoms with Crippen LogP contribution in [-0.4, -0.2) is 15.2 Å². The summed E-state index contributed by atoms with van der Waals surface area (Å²) in [6.07, 6.45) is -4.49. The third-order valence-corrected chi connectivity index (χ3v) is 4.07. The van der Waals surface area contributed by atoms with E-state index in [1.54, 1.807) is 0 Å². The van der Waals surface area contributed by atoms with Crippen LogP contribution in [0, 0.1) is 0 Å². The molecule has 1 aromatic carbocycles. The molecule has 132 valence electrons. The number of carbonyl (C=O) groups excluding carboxylic acids is 1. The van der Waals surface area contributed by atoms with Gasteiger partial charge in [0.25, 0.3) is 5.56 Å². The molecule has 3 rings (SSSR count). The Kier molecular flexibility index (Phi) is 3.70. The third-order valence-electron chi connectivity index (χ3n) is 4.07. The van der Waals surface area contributed by atoms with Crippen molar-refractivity contribution in [3.8, 4) is 0 Å². The van der Waals surface area contributed by atoms with E-state index in [1.165, 1.54) is 26.2 Å². The molecule has 7 nitrogen and oxygen atoms in total. The first kappa shape index (κ1) is 16.8. The number of hydrogen-bond donors (Lipinski definition) is 2. The van der Waals surface area contributed by atoms with E-state index in [0.717, 1.165) is 21.3 Å². The maximum absolute atomic E-state index is 12.7. The summed E-state index contributed by atoms with van der Waals surface area (Å²) in [5.41, 5.74) is -1.75. The molecule has 0 aliphatic carbocycles. The van der Waals surface area contributed by atoms with Gasteiger partial charge < -0.3 is 5.32 Å². The van der Waals surface area contributed by atoms with E-state index in [0.29, 0.717) is 5.56 Å². The molecule has 2 aromatic rings. The molecular weight excluding hydrogens is 341 g/mol. The molecule has 0 saturated heterocycles. The van der Waals surface area contributed by atoms with Gasteiger partial charge in [-0.15, -0.1) is 0 Å². The first-order chi connectivity index (χ1) is 11.6. The first-order valence-corrected chi connectivity index (χ1v) is 7.16.